The molecule has 27 heavy (non-hydrogen) atoms. The van der Waals surface area contributed by atoms with Crippen LogP contribution in [0, 0.1) is 16.7 Å². The Kier molecular flexibility index (Phi) is 3.54. The first-order valence-electron chi connectivity index (χ1n) is 10.5. The minimum atomic E-state index is -0.399. The summed E-state index contributed by atoms with van der Waals surface area (Å²) < 4.78 is 0. The van der Waals surface area contributed by atoms with E-state index in [-0.39, 0.29) is 16.7 Å². The number of carbonyl (C=O) groups is 2. The number of likely N-dealkylation sites (tertiary alicyclic amines) is 1. The molecule has 1 unspecified atom stereocenters. The Morgan fingerprint density at radius 1 is 1.15 bits per heavy atom. The van der Waals surface area contributed by atoms with Crippen LogP contribution in [-0.2, 0) is 15.0 Å². The van der Waals surface area contributed by atoms with Crippen molar-refractivity contribution in [3.63, 3.8) is 0 Å². The van der Waals surface area contributed by atoms with Crippen LogP contribution < -0.4 is 0 Å². The van der Waals surface area contributed by atoms with Crippen LogP contribution in [0.3, 0.4) is 0 Å². The van der Waals surface area contributed by atoms with Gasteiger partial charge in [0.15, 0.2) is 0 Å². The van der Waals surface area contributed by atoms with Gasteiger partial charge in [-0.2, -0.15) is 0 Å². The number of rotatable bonds is 2. The Hall–Kier alpha value is -1.90. The van der Waals surface area contributed by atoms with E-state index < -0.39 is 5.41 Å². The molecule has 1 saturated heterocycles. The van der Waals surface area contributed by atoms with Crippen LogP contribution in [0.15, 0.2) is 30.3 Å². The number of carbonyl (C=O) groups excluding carboxylic acids is 2. The van der Waals surface area contributed by atoms with E-state index in [1.54, 1.807) is 0 Å². The standard InChI is InChI=1S/C24H29NO2/c1-22(2)18-8-10-24(22,20(26)15-18)16-21(27)25-13-11-23(12-14-25)9-7-17-5-3-4-6-19(17)23/h3-7,9,18H,8,10-16H2,1-2H3/t18?,24-/m0/s1. The average Bonchev–Trinajstić information content (AvgIpc) is 3.19. The van der Waals surface area contributed by atoms with Crippen molar-refractivity contribution in [3.05, 3.63) is 41.5 Å². The SMILES string of the molecule is CC1(C)C2CC[C@]1(CC(=O)N1CCC3(C=Cc4ccccc43)CC1)C(=O)C2. The number of allylic oxidation sites excluding steroid dienone is 1. The minimum absolute atomic E-state index is 0.0239. The molecular weight excluding hydrogens is 334 g/mol. The molecule has 0 radical (unpaired) electrons. The van der Waals surface area contributed by atoms with Crippen LogP contribution in [0.25, 0.3) is 6.08 Å². The lowest BCUT2D eigenvalue weighted by molar-refractivity contribution is -0.142. The quantitative estimate of drug-likeness (QED) is 0.783. The fourth-order valence-corrected chi connectivity index (χ4v) is 6.58. The van der Waals surface area contributed by atoms with Crippen molar-refractivity contribution < 1.29 is 9.59 Å². The molecule has 2 saturated carbocycles. The zero-order valence-electron chi connectivity index (χ0n) is 16.5. The zero-order valence-corrected chi connectivity index (χ0v) is 16.5. The first-order chi connectivity index (χ1) is 12.9. The van der Waals surface area contributed by atoms with E-state index >= 15 is 0 Å². The number of hydrogen-bond donors (Lipinski definition) is 0. The largest absolute Gasteiger partial charge is 0.343 e. The van der Waals surface area contributed by atoms with Gasteiger partial charge in [0.05, 0.1) is 0 Å². The summed E-state index contributed by atoms with van der Waals surface area (Å²) in [5, 5.41) is 0. The molecule has 1 heterocycles. The minimum Gasteiger partial charge on any atom is -0.343 e. The molecule has 3 fully saturated rings. The van der Waals surface area contributed by atoms with Gasteiger partial charge in [-0.05, 0) is 48.1 Å². The molecule has 3 aliphatic carbocycles. The van der Waals surface area contributed by atoms with E-state index in [1.165, 1.54) is 11.1 Å². The Labute approximate surface area is 161 Å². The lowest BCUT2D eigenvalue weighted by atomic mass is 9.66. The van der Waals surface area contributed by atoms with Crippen molar-refractivity contribution in [2.24, 2.45) is 16.7 Å². The van der Waals surface area contributed by atoms with E-state index in [4.69, 9.17) is 0 Å². The van der Waals surface area contributed by atoms with Crippen LogP contribution >= 0.6 is 0 Å². The number of amides is 1. The van der Waals surface area contributed by atoms with Gasteiger partial charge in [-0.1, -0.05) is 50.3 Å². The average molecular weight is 364 g/mol. The summed E-state index contributed by atoms with van der Waals surface area (Å²) in [4.78, 5) is 28.0. The number of Topliss-reactive ketones (excluding diaryl/α,β-unsaturated/α-hetero) is 1. The second-order valence-electron chi connectivity index (χ2n) is 9.80. The molecule has 1 amide bonds. The van der Waals surface area contributed by atoms with Gasteiger partial charge < -0.3 is 4.90 Å². The highest BCUT2D eigenvalue weighted by atomic mass is 16.2. The monoisotopic (exact) mass is 363 g/mol. The van der Waals surface area contributed by atoms with Crippen molar-refractivity contribution in [1.29, 1.82) is 0 Å². The van der Waals surface area contributed by atoms with E-state index in [2.05, 4.69) is 50.3 Å². The highest BCUT2D eigenvalue weighted by Gasteiger charge is 2.64. The van der Waals surface area contributed by atoms with Gasteiger partial charge in [-0.25, -0.2) is 0 Å². The van der Waals surface area contributed by atoms with Crippen LogP contribution in [0.2, 0.25) is 0 Å². The maximum atomic E-state index is 13.2. The summed E-state index contributed by atoms with van der Waals surface area (Å²) in [5.74, 6) is 1.02. The fraction of sp³-hybridized carbons (Fsp3) is 0.583. The Bertz CT molecular complexity index is 844. The van der Waals surface area contributed by atoms with Gasteiger partial charge in [0.25, 0.3) is 0 Å². The molecule has 5 rings (SSSR count). The van der Waals surface area contributed by atoms with Gasteiger partial charge in [0, 0.05) is 36.8 Å². The third-order valence-corrected chi connectivity index (χ3v) is 8.68. The fourth-order valence-electron chi connectivity index (χ4n) is 6.58. The molecule has 142 valence electrons. The lowest BCUT2D eigenvalue weighted by Gasteiger charge is -2.42. The Morgan fingerprint density at radius 3 is 2.56 bits per heavy atom. The van der Waals surface area contributed by atoms with Crippen LogP contribution in [-0.4, -0.2) is 29.7 Å². The van der Waals surface area contributed by atoms with Crippen molar-refractivity contribution in [2.75, 3.05) is 13.1 Å². The topological polar surface area (TPSA) is 37.4 Å². The number of fused-ring (bicyclic) bond motifs is 4. The van der Waals surface area contributed by atoms with Crippen LogP contribution in [0.5, 0.6) is 0 Å². The Morgan fingerprint density at radius 2 is 1.89 bits per heavy atom. The summed E-state index contributed by atoms with van der Waals surface area (Å²) in [5.41, 5.74) is 2.42. The van der Waals surface area contributed by atoms with Crippen molar-refractivity contribution >= 4 is 17.8 Å². The van der Waals surface area contributed by atoms with E-state index in [9.17, 15) is 9.59 Å². The maximum Gasteiger partial charge on any atom is 0.223 e. The molecule has 1 aromatic carbocycles. The third kappa shape index (κ3) is 2.20. The maximum absolute atomic E-state index is 13.2. The Balaban J connectivity index is 1.31. The van der Waals surface area contributed by atoms with Gasteiger partial charge in [-0.3, -0.25) is 9.59 Å². The summed E-state index contributed by atoms with van der Waals surface area (Å²) >= 11 is 0. The number of nitrogens with zero attached hydrogens (tertiary/aromatic N) is 1. The first-order valence-corrected chi connectivity index (χ1v) is 10.5. The first kappa shape index (κ1) is 17.2. The molecule has 1 aliphatic heterocycles. The number of benzene rings is 1. The predicted octanol–water partition coefficient (Wildman–Crippen LogP) is 4.36. The summed E-state index contributed by atoms with van der Waals surface area (Å²) in [6.07, 6.45) is 9.69. The van der Waals surface area contributed by atoms with Crippen molar-refractivity contribution in [3.8, 4) is 0 Å². The highest BCUT2D eigenvalue weighted by molar-refractivity contribution is 5.94. The van der Waals surface area contributed by atoms with Crippen molar-refractivity contribution in [1.82, 2.24) is 4.90 Å². The third-order valence-electron chi connectivity index (χ3n) is 8.68. The summed E-state index contributed by atoms with van der Waals surface area (Å²) in [6.45, 7) is 6.03. The molecule has 2 bridgehead atoms. The molecule has 3 heteroatoms. The molecular formula is C24H29NO2. The van der Waals surface area contributed by atoms with E-state index in [0.29, 0.717) is 24.5 Å². The van der Waals surface area contributed by atoms with Crippen molar-refractivity contribution in [2.45, 2.75) is 57.8 Å². The molecule has 4 aliphatic rings. The van der Waals surface area contributed by atoms with Gasteiger partial charge in [-0.15, -0.1) is 0 Å². The number of piperidine rings is 1. The zero-order chi connectivity index (χ0) is 18.9. The van der Waals surface area contributed by atoms with Gasteiger partial charge in [0.1, 0.15) is 5.78 Å². The highest BCUT2D eigenvalue weighted by Crippen LogP contribution is 2.65. The number of hydrogen-bond acceptors (Lipinski definition) is 2. The second kappa shape index (κ2) is 5.56. The van der Waals surface area contributed by atoms with Gasteiger partial charge in [0.2, 0.25) is 5.91 Å². The summed E-state index contributed by atoms with van der Waals surface area (Å²) in [6, 6.07) is 8.63. The normalized spacial score (nSPS) is 32.3. The smallest absolute Gasteiger partial charge is 0.223 e. The second-order valence-corrected chi connectivity index (χ2v) is 9.80. The van der Waals surface area contributed by atoms with Gasteiger partial charge >= 0.3 is 0 Å². The van der Waals surface area contributed by atoms with Crippen LogP contribution in [0.4, 0.5) is 0 Å². The lowest BCUT2D eigenvalue weighted by Crippen LogP contribution is -2.47. The van der Waals surface area contributed by atoms with Crippen LogP contribution in [0.1, 0.15) is 63.5 Å². The molecule has 0 N–H and O–H groups in total. The molecule has 2 atom stereocenters. The van der Waals surface area contributed by atoms with E-state index in [1.807, 2.05) is 4.90 Å². The van der Waals surface area contributed by atoms with E-state index in [0.717, 1.165) is 38.8 Å². The molecule has 0 aromatic heterocycles. The molecule has 1 aromatic rings. The molecule has 1 spiro atoms. The molecule has 3 nitrogen and oxygen atoms in total. The summed E-state index contributed by atoms with van der Waals surface area (Å²) in [7, 11) is 0. The number of ketones is 1. The predicted molar refractivity (Wildman–Crippen MR) is 106 cm³/mol.